The maximum Gasteiger partial charge on any atom is 0.269 e. The number of carbonyl (C=O) groups excluding carboxylic acids is 3. The molecule has 0 atom stereocenters. The third-order valence-corrected chi connectivity index (χ3v) is 5.35. The third kappa shape index (κ3) is 6.81. The molecule has 3 rings (SSSR count). The van der Waals surface area contributed by atoms with Gasteiger partial charge in [-0.25, -0.2) is 0 Å². The van der Waals surface area contributed by atoms with Crippen molar-refractivity contribution in [1.29, 1.82) is 0 Å². The van der Waals surface area contributed by atoms with Crippen molar-refractivity contribution in [3.63, 3.8) is 0 Å². The summed E-state index contributed by atoms with van der Waals surface area (Å²) in [6, 6.07) is 13.1. The van der Waals surface area contributed by atoms with E-state index in [4.69, 9.17) is 9.47 Å². The number of amides is 3. The fourth-order valence-corrected chi connectivity index (χ4v) is 3.52. The van der Waals surface area contributed by atoms with Crippen LogP contribution in [-0.2, 0) is 9.53 Å². The lowest BCUT2D eigenvalue weighted by atomic mass is 9.88. The summed E-state index contributed by atoms with van der Waals surface area (Å²) in [6.07, 6.45) is 5.23. The lowest BCUT2D eigenvalue weighted by Crippen LogP contribution is -2.41. The van der Waals surface area contributed by atoms with Gasteiger partial charge in [-0.05, 0) is 61.4 Å². The maximum atomic E-state index is 12.3. The van der Waals surface area contributed by atoms with Crippen LogP contribution in [0.2, 0.25) is 0 Å². The molecule has 0 unspecified atom stereocenters. The average Bonchev–Trinajstić information content (AvgIpc) is 2.84. The molecule has 0 bridgehead atoms. The minimum absolute atomic E-state index is 0.0317. The highest BCUT2D eigenvalue weighted by atomic mass is 16.5. The fraction of sp³-hybridized carbons (Fsp3) is 0.375. The highest BCUT2D eigenvalue weighted by Crippen LogP contribution is 2.25. The van der Waals surface area contributed by atoms with E-state index in [2.05, 4.69) is 16.2 Å². The first kappa shape index (κ1) is 23.3. The van der Waals surface area contributed by atoms with Crippen LogP contribution in [-0.4, -0.2) is 38.0 Å². The molecule has 2 aromatic carbocycles. The summed E-state index contributed by atoms with van der Waals surface area (Å²) in [4.78, 5) is 36.9. The Kier molecular flexibility index (Phi) is 8.62. The smallest absolute Gasteiger partial charge is 0.269 e. The first-order valence-electron chi connectivity index (χ1n) is 10.8. The number of benzene rings is 2. The number of carbonyl (C=O) groups is 3. The van der Waals surface area contributed by atoms with E-state index in [0.29, 0.717) is 35.8 Å². The maximum absolute atomic E-state index is 12.3. The molecule has 8 nitrogen and oxygen atoms in total. The van der Waals surface area contributed by atoms with Gasteiger partial charge in [0.15, 0.2) is 0 Å². The molecule has 1 aliphatic carbocycles. The highest BCUT2D eigenvalue weighted by molar-refractivity contribution is 5.99. The van der Waals surface area contributed by atoms with Crippen LogP contribution >= 0.6 is 0 Å². The molecule has 170 valence electrons. The molecule has 0 saturated heterocycles. The van der Waals surface area contributed by atoms with Gasteiger partial charge in [-0.1, -0.05) is 19.3 Å². The minimum atomic E-state index is -0.456. The molecule has 0 heterocycles. The van der Waals surface area contributed by atoms with Gasteiger partial charge >= 0.3 is 0 Å². The molecule has 0 spiro atoms. The zero-order valence-corrected chi connectivity index (χ0v) is 18.2. The third-order valence-electron chi connectivity index (χ3n) is 5.35. The normalized spacial score (nSPS) is 13.8. The van der Waals surface area contributed by atoms with Crippen LogP contribution in [0.25, 0.3) is 0 Å². The molecule has 0 aliphatic heterocycles. The summed E-state index contributed by atoms with van der Waals surface area (Å²) < 4.78 is 10.4. The Morgan fingerprint density at radius 1 is 0.812 bits per heavy atom. The second-order valence-electron chi connectivity index (χ2n) is 7.68. The Hall–Kier alpha value is -3.39. The number of hydrogen-bond donors (Lipinski definition) is 3. The number of anilines is 1. The van der Waals surface area contributed by atoms with Crippen molar-refractivity contribution in [2.75, 3.05) is 25.6 Å². The first-order chi connectivity index (χ1) is 15.6. The van der Waals surface area contributed by atoms with E-state index < -0.39 is 11.8 Å². The van der Waals surface area contributed by atoms with Crippen molar-refractivity contribution in [2.45, 2.75) is 32.1 Å². The van der Waals surface area contributed by atoms with Crippen molar-refractivity contribution >= 4 is 23.4 Å². The van der Waals surface area contributed by atoms with Gasteiger partial charge in [0.2, 0.25) is 5.91 Å². The fourth-order valence-electron chi connectivity index (χ4n) is 3.52. The molecule has 8 heteroatoms. The van der Waals surface area contributed by atoms with Gasteiger partial charge in [0.05, 0.1) is 6.61 Å². The van der Waals surface area contributed by atoms with E-state index in [9.17, 15) is 14.4 Å². The van der Waals surface area contributed by atoms with Crippen LogP contribution in [0.1, 0.15) is 52.8 Å². The second kappa shape index (κ2) is 11.9. The highest BCUT2D eigenvalue weighted by Gasteiger charge is 2.21. The Morgan fingerprint density at radius 2 is 1.38 bits per heavy atom. The predicted octanol–water partition coefficient (Wildman–Crippen LogP) is 3.31. The summed E-state index contributed by atoms with van der Waals surface area (Å²) in [5, 5.41) is 2.91. The molecule has 3 N–H and O–H groups in total. The van der Waals surface area contributed by atoms with Crippen LogP contribution in [0.15, 0.2) is 48.5 Å². The zero-order chi connectivity index (χ0) is 22.8. The molecule has 2 aromatic rings. The van der Waals surface area contributed by atoms with E-state index in [1.165, 1.54) is 6.42 Å². The van der Waals surface area contributed by atoms with E-state index in [1.807, 2.05) is 0 Å². The molecule has 1 saturated carbocycles. The van der Waals surface area contributed by atoms with E-state index >= 15 is 0 Å². The number of rotatable bonds is 8. The lowest BCUT2D eigenvalue weighted by molar-refractivity contribution is -0.120. The summed E-state index contributed by atoms with van der Waals surface area (Å²) in [5.41, 5.74) is 6.17. The molecule has 1 fully saturated rings. The Balaban J connectivity index is 1.46. The summed E-state index contributed by atoms with van der Waals surface area (Å²) in [6.45, 7) is 0.892. The molecular formula is C24H29N3O5. The number of nitrogens with one attached hydrogen (secondary N) is 3. The van der Waals surface area contributed by atoms with Gasteiger partial charge in [0, 0.05) is 29.8 Å². The Labute approximate surface area is 187 Å². The SMILES string of the molecule is COCCOc1ccc(C(=O)NNC(=O)c2ccc(NC(=O)C3CCCCC3)cc2)cc1. The van der Waals surface area contributed by atoms with Crippen molar-refractivity contribution in [1.82, 2.24) is 10.9 Å². The predicted molar refractivity (Wildman–Crippen MR) is 120 cm³/mol. The molecule has 3 amide bonds. The van der Waals surface area contributed by atoms with Crippen molar-refractivity contribution in [3.8, 4) is 5.75 Å². The average molecular weight is 440 g/mol. The number of hydrogen-bond acceptors (Lipinski definition) is 5. The molecule has 0 aromatic heterocycles. The monoisotopic (exact) mass is 439 g/mol. The second-order valence-corrected chi connectivity index (χ2v) is 7.68. The summed E-state index contributed by atoms with van der Waals surface area (Å²) >= 11 is 0. The van der Waals surface area contributed by atoms with Gasteiger partial charge in [-0.15, -0.1) is 0 Å². The van der Waals surface area contributed by atoms with Crippen molar-refractivity contribution in [3.05, 3.63) is 59.7 Å². The van der Waals surface area contributed by atoms with Gasteiger partial charge in [0.25, 0.3) is 11.8 Å². The Bertz CT molecular complexity index is 906. The topological polar surface area (TPSA) is 106 Å². The summed E-state index contributed by atoms with van der Waals surface area (Å²) in [7, 11) is 1.59. The summed E-state index contributed by atoms with van der Waals surface area (Å²) in [5.74, 6) is -0.184. The van der Waals surface area contributed by atoms with Crippen LogP contribution in [0.4, 0.5) is 5.69 Å². The molecular weight excluding hydrogens is 410 g/mol. The standard InChI is InChI=1S/C24H29N3O5/c1-31-15-16-32-21-13-9-19(10-14-21)24(30)27-26-23(29)18-7-11-20(12-8-18)25-22(28)17-5-3-2-4-6-17/h7-14,17H,2-6,15-16H2,1H3,(H,25,28)(H,26,29)(H,27,30). The van der Waals surface area contributed by atoms with Crippen molar-refractivity contribution in [2.24, 2.45) is 5.92 Å². The largest absolute Gasteiger partial charge is 0.491 e. The number of ether oxygens (including phenoxy) is 2. The molecule has 1 aliphatic rings. The van der Waals surface area contributed by atoms with Crippen LogP contribution in [0, 0.1) is 5.92 Å². The van der Waals surface area contributed by atoms with Crippen LogP contribution in [0.3, 0.4) is 0 Å². The van der Waals surface area contributed by atoms with Gasteiger partial charge in [0.1, 0.15) is 12.4 Å². The first-order valence-corrected chi connectivity index (χ1v) is 10.8. The van der Waals surface area contributed by atoms with Crippen molar-refractivity contribution < 1.29 is 23.9 Å². The van der Waals surface area contributed by atoms with E-state index in [-0.39, 0.29) is 11.8 Å². The van der Waals surface area contributed by atoms with Gasteiger partial charge in [-0.2, -0.15) is 0 Å². The van der Waals surface area contributed by atoms with Gasteiger partial charge < -0.3 is 14.8 Å². The van der Waals surface area contributed by atoms with Crippen LogP contribution in [0.5, 0.6) is 5.75 Å². The number of hydrazine groups is 1. The number of methoxy groups -OCH3 is 1. The lowest BCUT2D eigenvalue weighted by Gasteiger charge is -2.20. The van der Waals surface area contributed by atoms with Crippen LogP contribution < -0.4 is 20.9 Å². The van der Waals surface area contributed by atoms with E-state index in [0.717, 1.165) is 25.7 Å². The van der Waals surface area contributed by atoms with Gasteiger partial charge in [-0.3, -0.25) is 25.2 Å². The van der Waals surface area contributed by atoms with E-state index in [1.54, 1.807) is 55.6 Å². The molecule has 32 heavy (non-hydrogen) atoms. The minimum Gasteiger partial charge on any atom is -0.491 e. The molecule has 0 radical (unpaired) electrons. The Morgan fingerprint density at radius 3 is 1.94 bits per heavy atom. The zero-order valence-electron chi connectivity index (χ0n) is 18.2. The quantitative estimate of drug-likeness (QED) is 0.432.